The Bertz CT molecular complexity index is 925. The highest BCUT2D eigenvalue weighted by molar-refractivity contribution is 6.22. The third-order valence-electron chi connectivity index (χ3n) is 5.46. The molecule has 0 spiro atoms. The lowest BCUT2D eigenvalue weighted by Crippen LogP contribution is -2.53. The van der Waals surface area contributed by atoms with Crippen LogP contribution in [0.4, 0.5) is 0 Å². The van der Waals surface area contributed by atoms with Crippen molar-refractivity contribution in [2.75, 3.05) is 13.1 Å². The van der Waals surface area contributed by atoms with Crippen molar-refractivity contribution in [2.45, 2.75) is 31.8 Å². The number of imide groups is 1. The molecule has 4 amide bonds. The Morgan fingerprint density at radius 2 is 1.66 bits per heavy atom. The molecule has 8 nitrogen and oxygen atoms in total. The standard InChI is InChI=1S/C21H21N3O5/c1-13(24-20(27)15-5-2-3-6-16(15)21(24)28)19(26)23-10-8-14(9-11-23)22-18(25)17-7-4-12-29-17/h2-7,12-14H,8-11H2,1H3,(H,22,25). The Hall–Kier alpha value is -3.42. The predicted octanol–water partition coefficient (Wildman–Crippen LogP) is 1.69. The van der Waals surface area contributed by atoms with Crippen LogP contribution in [0.2, 0.25) is 0 Å². The average molecular weight is 395 g/mol. The van der Waals surface area contributed by atoms with E-state index in [4.69, 9.17) is 4.42 Å². The molecule has 1 atom stereocenters. The third kappa shape index (κ3) is 3.41. The fourth-order valence-corrected chi connectivity index (χ4v) is 3.84. The fraction of sp³-hybridized carbons (Fsp3) is 0.333. The molecule has 0 radical (unpaired) electrons. The van der Waals surface area contributed by atoms with Crippen molar-refractivity contribution in [3.8, 4) is 0 Å². The first-order valence-corrected chi connectivity index (χ1v) is 9.57. The van der Waals surface area contributed by atoms with Gasteiger partial charge in [0.05, 0.1) is 17.4 Å². The number of nitrogens with one attached hydrogen (secondary N) is 1. The maximum atomic E-state index is 12.9. The fourth-order valence-electron chi connectivity index (χ4n) is 3.84. The number of carbonyl (C=O) groups excluding carboxylic acids is 4. The van der Waals surface area contributed by atoms with Crippen LogP contribution < -0.4 is 5.32 Å². The molecular weight excluding hydrogens is 374 g/mol. The van der Waals surface area contributed by atoms with Gasteiger partial charge in [-0.05, 0) is 44.0 Å². The quantitative estimate of drug-likeness (QED) is 0.794. The average Bonchev–Trinajstić information content (AvgIpc) is 3.36. The Morgan fingerprint density at radius 1 is 1.03 bits per heavy atom. The highest BCUT2D eigenvalue weighted by Gasteiger charge is 2.42. The molecule has 1 saturated heterocycles. The van der Waals surface area contributed by atoms with Gasteiger partial charge in [-0.15, -0.1) is 0 Å². The van der Waals surface area contributed by atoms with E-state index in [1.54, 1.807) is 48.2 Å². The number of benzene rings is 1. The Kier molecular flexibility index (Phi) is 4.92. The molecule has 2 aliphatic rings. The van der Waals surface area contributed by atoms with Gasteiger partial charge in [0.15, 0.2) is 5.76 Å². The summed E-state index contributed by atoms with van der Waals surface area (Å²) in [6, 6.07) is 8.89. The van der Waals surface area contributed by atoms with Gasteiger partial charge in [0, 0.05) is 19.1 Å². The molecule has 1 aromatic carbocycles. The van der Waals surface area contributed by atoms with E-state index in [0.717, 1.165) is 4.90 Å². The minimum atomic E-state index is -0.878. The van der Waals surface area contributed by atoms with E-state index in [9.17, 15) is 19.2 Å². The molecule has 29 heavy (non-hydrogen) atoms. The zero-order valence-electron chi connectivity index (χ0n) is 16.0. The van der Waals surface area contributed by atoms with Gasteiger partial charge in [-0.2, -0.15) is 0 Å². The third-order valence-corrected chi connectivity index (χ3v) is 5.46. The van der Waals surface area contributed by atoms with E-state index in [2.05, 4.69) is 5.32 Å². The van der Waals surface area contributed by atoms with Gasteiger partial charge >= 0.3 is 0 Å². The summed E-state index contributed by atoms with van der Waals surface area (Å²) in [5.41, 5.74) is 0.660. The topological polar surface area (TPSA) is 99.9 Å². The van der Waals surface area contributed by atoms with Crippen molar-refractivity contribution in [2.24, 2.45) is 0 Å². The number of fused-ring (bicyclic) bond motifs is 1. The second-order valence-electron chi connectivity index (χ2n) is 7.25. The second-order valence-corrected chi connectivity index (χ2v) is 7.25. The largest absolute Gasteiger partial charge is 0.459 e. The maximum absolute atomic E-state index is 12.9. The second kappa shape index (κ2) is 7.54. The summed E-state index contributed by atoms with van der Waals surface area (Å²) in [4.78, 5) is 52.9. The molecule has 0 bridgehead atoms. The lowest BCUT2D eigenvalue weighted by molar-refractivity contribution is -0.136. The highest BCUT2D eigenvalue weighted by atomic mass is 16.3. The smallest absolute Gasteiger partial charge is 0.287 e. The van der Waals surface area contributed by atoms with Gasteiger partial charge in [0.25, 0.3) is 17.7 Å². The van der Waals surface area contributed by atoms with Crippen LogP contribution in [-0.2, 0) is 4.79 Å². The summed E-state index contributed by atoms with van der Waals surface area (Å²) >= 11 is 0. The highest BCUT2D eigenvalue weighted by Crippen LogP contribution is 2.25. The Morgan fingerprint density at radius 3 is 2.21 bits per heavy atom. The summed E-state index contributed by atoms with van der Waals surface area (Å²) < 4.78 is 5.09. The van der Waals surface area contributed by atoms with E-state index >= 15 is 0 Å². The van der Waals surface area contributed by atoms with Crippen LogP contribution in [0.1, 0.15) is 51.0 Å². The van der Waals surface area contributed by atoms with Gasteiger partial charge in [-0.25, -0.2) is 0 Å². The SMILES string of the molecule is CC(C(=O)N1CCC(NC(=O)c2ccco2)CC1)N1C(=O)c2ccccc2C1=O. The lowest BCUT2D eigenvalue weighted by Gasteiger charge is -2.35. The molecule has 2 aromatic rings. The number of amides is 4. The van der Waals surface area contributed by atoms with Crippen molar-refractivity contribution in [1.29, 1.82) is 0 Å². The number of carbonyl (C=O) groups is 4. The van der Waals surface area contributed by atoms with Crippen LogP contribution in [-0.4, -0.2) is 58.6 Å². The summed E-state index contributed by atoms with van der Waals surface area (Å²) in [7, 11) is 0. The van der Waals surface area contributed by atoms with Gasteiger partial charge in [-0.1, -0.05) is 12.1 Å². The predicted molar refractivity (Wildman–Crippen MR) is 102 cm³/mol. The zero-order valence-corrected chi connectivity index (χ0v) is 16.0. The number of piperidine rings is 1. The zero-order chi connectivity index (χ0) is 20.5. The molecule has 1 fully saturated rings. The van der Waals surface area contributed by atoms with Gasteiger partial charge < -0.3 is 14.6 Å². The Labute approximate surface area is 167 Å². The van der Waals surface area contributed by atoms with Crippen molar-refractivity contribution in [3.05, 3.63) is 59.5 Å². The molecule has 1 unspecified atom stereocenters. The van der Waals surface area contributed by atoms with Crippen LogP contribution in [0.25, 0.3) is 0 Å². The van der Waals surface area contributed by atoms with E-state index in [-0.39, 0.29) is 23.6 Å². The minimum absolute atomic E-state index is 0.0636. The number of nitrogens with zero attached hydrogens (tertiary/aromatic N) is 2. The minimum Gasteiger partial charge on any atom is -0.459 e. The Balaban J connectivity index is 1.36. The number of hydrogen-bond acceptors (Lipinski definition) is 5. The van der Waals surface area contributed by atoms with Crippen molar-refractivity contribution in [1.82, 2.24) is 15.1 Å². The maximum Gasteiger partial charge on any atom is 0.287 e. The van der Waals surface area contributed by atoms with Gasteiger partial charge in [0.2, 0.25) is 5.91 Å². The van der Waals surface area contributed by atoms with Crippen molar-refractivity contribution in [3.63, 3.8) is 0 Å². The number of likely N-dealkylation sites (tertiary alicyclic amines) is 1. The van der Waals surface area contributed by atoms with Crippen LogP contribution in [0.15, 0.2) is 47.1 Å². The van der Waals surface area contributed by atoms with Crippen LogP contribution in [0, 0.1) is 0 Å². The number of hydrogen-bond donors (Lipinski definition) is 1. The molecule has 8 heteroatoms. The molecule has 1 aromatic heterocycles. The summed E-state index contributed by atoms with van der Waals surface area (Å²) in [6.07, 6.45) is 2.62. The van der Waals surface area contributed by atoms with Crippen molar-refractivity contribution < 1.29 is 23.6 Å². The first-order valence-electron chi connectivity index (χ1n) is 9.57. The molecule has 0 saturated carbocycles. The van der Waals surface area contributed by atoms with E-state index in [1.807, 2.05) is 0 Å². The summed E-state index contributed by atoms with van der Waals surface area (Å²) in [6.45, 7) is 2.46. The number of furan rings is 1. The molecule has 150 valence electrons. The summed E-state index contributed by atoms with van der Waals surface area (Å²) in [5, 5.41) is 2.90. The molecule has 1 N–H and O–H groups in total. The van der Waals surface area contributed by atoms with Gasteiger partial charge in [-0.3, -0.25) is 24.1 Å². The number of rotatable bonds is 4. The molecule has 4 rings (SSSR count). The normalized spacial score (nSPS) is 18.0. The lowest BCUT2D eigenvalue weighted by atomic mass is 10.0. The molecule has 3 heterocycles. The van der Waals surface area contributed by atoms with Crippen LogP contribution >= 0.6 is 0 Å². The molecule has 2 aliphatic heterocycles. The molecule has 0 aliphatic carbocycles. The van der Waals surface area contributed by atoms with E-state index < -0.39 is 17.9 Å². The van der Waals surface area contributed by atoms with Crippen LogP contribution in [0.3, 0.4) is 0 Å². The van der Waals surface area contributed by atoms with Crippen LogP contribution in [0.5, 0.6) is 0 Å². The summed E-state index contributed by atoms with van der Waals surface area (Å²) in [5.74, 6) is -1.17. The van der Waals surface area contributed by atoms with E-state index in [0.29, 0.717) is 37.1 Å². The molecular formula is C21H21N3O5. The van der Waals surface area contributed by atoms with Gasteiger partial charge in [0.1, 0.15) is 6.04 Å². The first kappa shape index (κ1) is 18.9. The van der Waals surface area contributed by atoms with Crippen molar-refractivity contribution >= 4 is 23.6 Å². The monoisotopic (exact) mass is 395 g/mol. The first-order chi connectivity index (χ1) is 14.0. The van der Waals surface area contributed by atoms with E-state index in [1.165, 1.54) is 6.26 Å².